The van der Waals surface area contributed by atoms with E-state index in [9.17, 15) is 9.90 Å². The van der Waals surface area contributed by atoms with E-state index in [-0.39, 0.29) is 0 Å². The van der Waals surface area contributed by atoms with Crippen LogP contribution < -0.4 is 4.74 Å². The fourth-order valence-corrected chi connectivity index (χ4v) is 2.72. The van der Waals surface area contributed by atoms with Gasteiger partial charge in [-0.25, -0.2) is 4.79 Å². The molecule has 1 fully saturated rings. The van der Waals surface area contributed by atoms with Crippen LogP contribution in [0.1, 0.15) is 48.8 Å². The van der Waals surface area contributed by atoms with Crippen LogP contribution in [0.25, 0.3) is 0 Å². The number of aliphatic carboxylic acids is 1. The number of carboxylic acids is 1. The van der Waals surface area contributed by atoms with Gasteiger partial charge in [0.25, 0.3) is 0 Å². The van der Waals surface area contributed by atoms with Gasteiger partial charge < -0.3 is 14.9 Å². The smallest absolute Gasteiger partial charge is 0.337 e. The highest BCUT2D eigenvalue weighted by Crippen LogP contribution is 2.41. The van der Waals surface area contributed by atoms with E-state index in [1.807, 2.05) is 6.07 Å². The monoisotopic (exact) mass is 250 g/mol. The van der Waals surface area contributed by atoms with Crippen molar-refractivity contribution in [2.24, 2.45) is 0 Å². The molecule has 18 heavy (non-hydrogen) atoms. The predicted octanol–water partition coefficient (Wildman–Crippen LogP) is 2.47. The lowest BCUT2D eigenvalue weighted by molar-refractivity contribution is -0.147. The molecule has 2 N–H and O–H groups in total. The second-order valence-electron chi connectivity index (χ2n) is 4.69. The minimum absolute atomic E-state index is 0.342. The Morgan fingerprint density at radius 3 is 2.61 bits per heavy atom. The molecule has 4 nitrogen and oxygen atoms in total. The molecule has 1 atom stereocenters. The van der Waals surface area contributed by atoms with Gasteiger partial charge in [0.1, 0.15) is 5.75 Å². The highest BCUT2D eigenvalue weighted by molar-refractivity contribution is 5.75. The molecule has 0 bridgehead atoms. The van der Waals surface area contributed by atoms with Crippen LogP contribution in [0.5, 0.6) is 5.75 Å². The van der Waals surface area contributed by atoms with Gasteiger partial charge in [-0.05, 0) is 24.3 Å². The molecule has 0 heterocycles. The number of methoxy groups -OCH3 is 1. The Labute approximate surface area is 106 Å². The first-order valence-electron chi connectivity index (χ1n) is 6.22. The fourth-order valence-electron chi connectivity index (χ4n) is 2.72. The number of hydrogen-bond donors (Lipinski definition) is 2. The van der Waals surface area contributed by atoms with Crippen LogP contribution in [-0.2, 0) is 4.79 Å². The summed E-state index contributed by atoms with van der Waals surface area (Å²) in [6, 6.07) is 5.36. The zero-order chi connectivity index (χ0) is 13.1. The van der Waals surface area contributed by atoms with Crippen LogP contribution in [0.15, 0.2) is 18.2 Å². The van der Waals surface area contributed by atoms with Gasteiger partial charge in [0, 0.05) is 5.56 Å². The molecule has 1 aliphatic carbocycles. The lowest BCUT2D eigenvalue weighted by Gasteiger charge is -2.19. The molecular weight excluding hydrogens is 232 g/mol. The van der Waals surface area contributed by atoms with Crippen molar-refractivity contribution in [3.05, 3.63) is 29.3 Å². The van der Waals surface area contributed by atoms with Gasteiger partial charge in [-0.3, -0.25) is 0 Å². The molecule has 0 spiro atoms. The highest BCUT2D eigenvalue weighted by Gasteiger charge is 2.26. The van der Waals surface area contributed by atoms with Gasteiger partial charge in [0.2, 0.25) is 0 Å². The first-order chi connectivity index (χ1) is 8.65. The van der Waals surface area contributed by atoms with Crippen molar-refractivity contribution in [2.45, 2.75) is 37.7 Å². The van der Waals surface area contributed by atoms with E-state index < -0.39 is 12.1 Å². The van der Waals surface area contributed by atoms with Gasteiger partial charge >= 0.3 is 5.97 Å². The van der Waals surface area contributed by atoms with Gasteiger partial charge in [-0.15, -0.1) is 0 Å². The molecule has 4 heteroatoms. The Hall–Kier alpha value is -1.55. The summed E-state index contributed by atoms with van der Waals surface area (Å²) in [5.74, 6) is -0.308. The summed E-state index contributed by atoms with van der Waals surface area (Å²) in [5, 5.41) is 18.6. The SMILES string of the molecule is COc1c(C2CCCC2)cccc1C(O)C(=O)O. The largest absolute Gasteiger partial charge is 0.496 e. The molecule has 0 saturated heterocycles. The summed E-state index contributed by atoms with van der Waals surface area (Å²) in [6.07, 6.45) is 3.06. The minimum Gasteiger partial charge on any atom is -0.496 e. The van der Waals surface area contributed by atoms with Crippen LogP contribution in [0.4, 0.5) is 0 Å². The third-order valence-corrected chi connectivity index (χ3v) is 3.60. The number of carboxylic acid groups (broad SMARTS) is 1. The third kappa shape index (κ3) is 2.34. The summed E-state index contributed by atoms with van der Waals surface area (Å²) in [5.41, 5.74) is 1.36. The number of aliphatic hydroxyl groups excluding tert-OH is 1. The van der Waals surface area contributed by atoms with E-state index in [0.29, 0.717) is 17.2 Å². The van der Waals surface area contributed by atoms with Gasteiger partial charge in [-0.2, -0.15) is 0 Å². The molecule has 0 aromatic heterocycles. The fraction of sp³-hybridized carbons (Fsp3) is 0.500. The number of para-hydroxylation sites is 1. The molecule has 1 aromatic carbocycles. The van der Waals surface area contributed by atoms with Crippen LogP contribution >= 0.6 is 0 Å². The summed E-state index contributed by atoms with van der Waals surface area (Å²) in [6.45, 7) is 0. The molecule has 2 rings (SSSR count). The minimum atomic E-state index is -1.53. The van der Waals surface area contributed by atoms with Crippen molar-refractivity contribution in [3.8, 4) is 5.75 Å². The van der Waals surface area contributed by atoms with Crippen molar-refractivity contribution < 1.29 is 19.7 Å². The maximum Gasteiger partial charge on any atom is 0.337 e. The standard InChI is InChI=1S/C14H18O4/c1-18-13-10(9-5-2-3-6-9)7-4-8-11(13)12(15)14(16)17/h4,7-9,12,15H,2-3,5-6H2,1H3,(H,16,17). The highest BCUT2D eigenvalue weighted by atomic mass is 16.5. The molecule has 0 aliphatic heterocycles. The zero-order valence-electron chi connectivity index (χ0n) is 10.4. The number of hydrogen-bond acceptors (Lipinski definition) is 3. The van der Waals surface area contributed by atoms with Gasteiger partial charge in [0.15, 0.2) is 6.10 Å². The molecular formula is C14H18O4. The zero-order valence-corrected chi connectivity index (χ0v) is 10.4. The number of rotatable bonds is 4. The van der Waals surface area contributed by atoms with Crippen molar-refractivity contribution in [3.63, 3.8) is 0 Å². The molecule has 1 unspecified atom stereocenters. The molecule has 0 radical (unpaired) electrons. The third-order valence-electron chi connectivity index (χ3n) is 3.60. The molecule has 0 amide bonds. The Kier molecular flexibility index (Phi) is 3.87. The van der Waals surface area contributed by atoms with E-state index in [2.05, 4.69) is 0 Å². The van der Waals surface area contributed by atoms with Gasteiger partial charge in [-0.1, -0.05) is 31.0 Å². The maximum absolute atomic E-state index is 10.9. The summed E-state index contributed by atoms with van der Waals surface area (Å²) in [7, 11) is 1.52. The average molecular weight is 250 g/mol. The average Bonchev–Trinajstić information content (AvgIpc) is 2.90. The Balaban J connectivity index is 2.41. The van der Waals surface area contributed by atoms with E-state index in [1.54, 1.807) is 12.1 Å². The quantitative estimate of drug-likeness (QED) is 0.861. The van der Waals surface area contributed by atoms with Gasteiger partial charge in [0.05, 0.1) is 7.11 Å². The topological polar surface area (TPSA) is 66.8 Å². The molecule has 98 valence electrons. The first kappa shape index (κ1) is 12.9. The lowest BCUT2D eigenvalue weighted by atomic mass is 9.93. The van der Waals surface area contributed by atoms with Crippen LogP contribution in [0.2, 0.25) is 0 Å². The Morgan fingerprint density at radius 2 is 2.06 bits per heavy atom. The van der Waals surface area contributed by atoms with Crippen molar-refractivity contribution in [2.75, 3.05) is 7.11 Å². The molecule has 1 saturated carbocycles. The van der Waals surface area contributed by atoms with Crippen molar-refractivity contribution in [1.29, 1.82) is 0 Å². The van der Waals surface area contributed by atoms with Crippen molar-refractivity contribution in [1.82, 2.24) is 0 Å². The lowest BCUT2D eigenvalue weighted by Crippen LogP contribution is -2.13. The van der Waals surface area contributed by atoms with E-state index in [0.717, 1.165) is 18.4 Å². The predicted molar refractivity (Wildman–Crippen MR) is 66.8 cm³/mol. The van der Waals surface area contributed by atoms with E-state index in [1.165, 1.54) is 20.0 Å². The normalized spacial score (nSPS) is 17.7. The second kappa shape index (κ2) is 5.40. The number of ether oxygens (including phenoxy) is 1. The Morgan fingerprint density at radius 1 is 1.39 bits per heavy atom. The molecule has 1 aliphatic rings. The number of aliphatic hydroxyl groups is 1. The van der Waals surface area contributed by atoms with Crippen LogP contribution in [0, 0.1) is 0 Å². The summed E-state index contributed by atoms with van der Waals surface area (Å²) < 4.78 is 5.34. The summed E-state index contributed by atoms with van der Waals surface area (Å²) >= 11 is 0. The van der Waals surface area contributed by atoms with E-state index >= 15 is 0 Å². The first-order valence-corrected chi connectivity index (χ1v) is 6.22. The van der Waals surface area contributed by atoms with Crippen LogP contribution in [0.3, 0.4) is 0 Å². The molecule has 1 aromatic rings. The maximum atomic E-state index is 10.9. The Bertz CT molecular complexity index is 435. The van der Waals surface area contributed by atoms with Crippen molar-refractivity contribution >= 4 is 5.97 Å². The van der Waals surface area contributed by atoms with E-state index in [4.69, 9.17) is 9.84 Å². The number of carbonyl (C=O) groups is 1. The number of benzene rings is 1. The second-order valence-corrected chi connectivity index (χ2v) is 4.69. The van der Waals surface area contributed by atoms with Crippen LogP contribution in [-0.4, -0.2) is 23.3 Å². The summed E-state index contributed by atoms with van der Waals surface area (Å²) in [4.78, 5) is 10.9.